The summed E-state index contributed by atoms with van der Waals surface area (Å²) in [6.45, 7) is 0. The van der Waals surface area contributed by atoms with Gasteiger partial charge in [-0.05, 0) is 0 Å². The fourth-order valence-corrected chi connectivity index (χ4v) is 0.884. The van der Waals surface area contributed by atoms with Crippen molar-refractivity contribution in [3.8, 4) is 17.4 Å². The van der Waals surface area contributed by atoms with E-state index in [9.17, 15) is 4.79 Å². The van der Waals surface area contributed by atoms with Crippen LogP contribution in [-0.2, 0) is 0 Å². The first-order valence-corrected chi connectivity index (χ1v) is 3.72. The van der Waals surface area contributed by atoms with Crippen molar-refractivity contribution >= 4 is 0 Å². The van der Waals surface area contributed by atoms with Gasteiger partial charge in [-0.3, -0.25) is 9.51 Å². The van der Waals surface area contributed by atoms with E-state index in [-0.39, 0.29) is 5.82 Å². The molecule has 0 saturated carbocycles. The van der Waals surface area contributed by atoms with E-state index < -0.39 is 5.76 Å². The molecule has 0 aromatic carbocycles. The first-order chi connectivity index (χ1) is 6.79. The van der Waals surface area contributed by atoms with Crippen LogP contribution in [0.5, 0.6) is 5.88 Å². The number of methoxy groups -OCH3 is 1. The molecule has 0 spiro atoms. The fourth-order valence-electron chi connectivity index (χ4n) is 0.884. The van der Waals surface area contributed by atoms with Crippen LogP contribution < -0.4 is 10.5 Å². The number of rotatable bonds is 2. The van der Waals surface area contributed by atoms with Crippen LogP contribution in [0.2, 0.25) is 0 Å². The van der Waals surface area contributed by atoms with Crippen LogP contribution in [0, 0.1) is 0 Å². The zero-order valence-electron chi connectivity index (χ0n) is 7.22. The second-order valence-electron chi connectivity index (χ2n) is 2.39. The maximum Gasteiger partial charge on any atom is 0.439 e. The normalized spacial score (nSPS) is 10.1. The lowest BCUT2D eigenvalue weighted by molar-refractivity contribution is 0.387. The first-order valence-electron chi connectivity index (χ1n) is 3.72. The molecule has 2 aromatic heterocycles. The lowest BCUT2D eigenvalue weighted by Gasteiger charge is -1.96. The average molecular weight is 194 g/mol. The van der Waals surface area contributed by atoms with E-state index in [1.54, 1.807) is 0 Å². The minimum atomic E-state index is -0.627. The smallest absolute Gasteiger partial charge is 0.439 e. The Kier molecular flexibility index (Phi) is 1.98. The quantitative estimate of drug-likeness (QED) is 0.713. The van der Waals surface area contributed by atoms with Gasteiger partial charge in [0, 0.05) is 0 Å². The Bertz CT molecular complexity index is 472. The van der Waals surface area contributed by atoms with Crippen molar-refractivity contribution in [1.82, 2.24) is 20.1 Å². The van der Waals surface area contributed by atoms with Gasteiger partial charge in [0.2, 0.25) is 11.7 Å². The zero-order chi connectivity index (χ0) is 9.97. The number of aromatic amines is 1. The highest BCUT2D eigenvalue weighted by atomic mass is 16.5. The van der Waals surface area contributed by atoms with Crippen LogP contribution >= 0.6 is 0 Å². The Morgan fingerprint density at radius 2 is 2.29 bits per heavy atom. The standard InChI is InChI=1S/C7H6N4O3/c1-13-5-3-8-4(2-9-5)6-10-7(12)14-11-6/h2-3H,1H3,(H,10,11,12). The molecule has 2 aromatic rings. The van der Waals surface area contributed by atoms with Gasteiger partial charge in [-0.2, -0.15) is 0 Å². The maximum absolute atomic E-state index is 10.6. The number of ether oxygens (including phenoxy) is 1. The molecule has 2 heterocycles. The highest BCUT2D eigenvalue weighted by Crippen LogP contribution is 2.10. The van der Waals surface area contributed by atoms with E-state index in [0.717, 1.165) is 0 Å². The molecule has 0 saturated heterocycles. The average Bonchev–Trinajstić information content (AvgIpc) is 2.65. The number of H-pyrrole nitrogens is 1. The Morgan fingerprint density at radius 1 is 1.43 bits per heavy atom. The summed E-state index contributed by atoms with van der Waals surface area (Å²) in [5, 5.41) is 3.46. The number of hydrogen-bond acceptors (Lipinski definition) is 6. The third-order valence-electron chi connectivity index (χ3n) is 1.52. The molecule has 0 fully saturated rings. The van der Waals surface area contributed by atoms with Gasteiger partial charge in [-0.15, -0.1) is 0 Å². The number of aromatic nitrogens is 4. The lowest BCUT2D eigenvalue weighted by Crippen LogP contribution is -1.96. The molecule has 0 radical (unpaired) electrons. The zero-order valence-corrected chi connectivity index (χ0v) is 7.22. The van der Waals surface area contributed by atoms with E-state index in [4.69, 9.17) is 4.74 Å². The molecule has 0 aliphatic rings. The van der Waals surface area contributed by atoms with Gasteiger partial charge in [-0.1, -0.05) is 5.16 Å². The molecule has 2 rings (SSSR count). The van der Waals surface area contributed by atoms with Gasteiger partial charge in [0.1, 0.15) is 5.69 Å². The van der Waals surface area contributed by atoms with E-state index in [0.29, 0.717) is 11.6 Å². The van der Waals surface area contributed by atoms with Crippen LogP contribution in [0.4, 0.5) is 0 Å². The molecule has 0 unspecified atom stereocenters. The summed E-state index contributed by atoms with van der Waals surface area (Å²) in [6, 6.07) is 0. The fraction of sp³-hybridized carbons (Fsp3) is 0.143. The first kappa shape index (κ1) is 8.42. The maximum atomic E-state index is 10.6. The molecule has 7 heteroatoms. The van der Waals surface area contributed by atoms with E-state index in [1.807, 2.05) is 0 Å². The van der Waals surface area contributed by atoms with Crippen LogP contribution in [0.25, 0.3) is 11.5 Å². The van der Waals surface area contributed by atoms with E-state index in [1.165, 1.54) is 19.5 Å². The second kappa shape index (κ2) is 3.29. The summed E-state index contributed by atoms with van der Waals surface area (Å²) < 4.78 is 9.14. The van der Waals surface area contributed by atoms with Crippen LogP contribution in [-0.4, -0.2) is 27.2 Å². The monoisotopic (exact) mass is 194 g/mol. The molecule has 14 heavy (non-hydrogen) atoms. The van der Waals surface area contributed by atoms with Crippen molar-refractivity contribution in [3.05, 3.63) is 22.9 Å². The highest BCUT2D eigenvalue weighted by molar-refractivity contribution is 5.45. The van der Waals surface area contributed by atoms with Gasteiger partial charge < -0.3 is 4.74 Å². The summed E-state index contributed by atoms with van der Waals surface area (Å²) in [4.78, 5) is 20.8. The van der Waals surface area contributed by atoms with Gasteiger partial charge in [0.15, 0.2) is 0 Å². The van der Waals surface area contributed by atoms with Gasteiger partial charge in [0.25, 0.3) is 0 Å². The van der Waals surface area contributed by atoms with Gasteiger partial charge in [0.05, 0.1) is 19.5 Å². The number of nitrogens with one attached hydrogen (secondary N) is 1. The molecular weight excluding hydrogens is 188 g/mol. The Hall–Kier alpha value is -2.18. The van der Waals surface area contributed by atoms with Crippen LogP contribution in [0.3, 0.4) is 0 Å². The molecule has 7 nitrogen and oxygen atoms in total. The molecule has 0 amide bonds. The predicted octanol–water partition coefficient (Wildman–Crippen LogP) is -0.172. The predicted molar refractivity (Wildman–Crippen MR) is 44.7 cm³/mol. The summed E-state index contributed by atoms with van der Waals surface area (Å²) in [5.74, 6) is 0.00219. The van der Waals surface area contributed by atoms with Gasteiger partial charge in [-0.25, -0.2) is 14.8 Å². The molecule has 0 aliphatic heterocycles. The summed E-state index contributed by atoms with van der Waals surface area (Å²) in [6.07, 6.45) is 2.84. The topological polar surface area (TPSA) is 93.9 Å². The third-order valence-corrected chi connectivity index (χ3v) is 1.52. The van der Waals surface area contributed by atoms with E-state index >= 15 is 0 Å². The molecule has 0 atom stereocenters. The minimum Gasteiger partial charge on any atom is -0.480 e. The van der Waals surface area contributed by atoms with E-state index in [2.05, 4.69) is 24.6 Å². The van der Waals surface area contributed by atoms with Crippen molar-refractivity contribution in [2.75, 3.05) is 7.11 Å². The van der Waals surface area contributed by atoms with Crippen molar-refractivity contribution < 1.29 is 9.26 Å². The van der Waals surface area contributed by atoms with Crippen molar-refractivity contribution in [3.63, 3.8) is 0 Å². The highest BCUT2D eigenvalue weighted by Gasteiger charge is 2.05. The van der Waals surface area contributed by atoms with Crippen LogP contribution in [0.1, 0.15) is 0 Å². The van der Waals surface area contributed by atoms with Crippen molar-refractivity contribution in [1.29, 1.82) is 0 Å². The Labute approximate surface area is 77.8 Å². The lowest BCUT2D eigenvalue weighted by atomic mass is 10.4. The number of nitrogens with zero attached hydrogens (tertiary/aromatic N) is 3. The Morgan fingerprint density at radius 3 is 2.79 bits per heavy atom. The SMILES string of the molecule is COc1cnc(-c2noc(=O)[nH]2)cn1. The molecule has 0 bridgehead atoms. The molecule has 0 aliphatic carbocycles. The third kappa shape index (κ3) is 1.47. The van der Waals surface area contributed by atoms with Crippen LogP contribution in [0.15, 0.2) is 21.7 Å². The largest absolute Gasteiger partial charge is 0.480 e. The van der Waals surface area contributed by atoms with Crippen molar-refractivity contribution in [2.24, 2.45) is 0 Å². The minimum absolute atomic E-state index is 0.241. The summed E-state index contributed by atoms with van der Waals surface area (Å²) in [7, 11) is 1.49. The molecule has 72 valence electrons. The van der Waals surface area contributed by atoms with Gasteiger partial charge >= 0.3 is 5.76 Å². The summed E-state index contributed by atoms with van der Waals surface area (Å²) in [5.41, 5.74) is 0.414. The van der Waals surface area contributed by atoms with Crippen molar-refractivity contribution in [2.45, 2.75) is 0 Å². The number of hydrogen-bond donors (Lipinski definition) is 1. The molecular formula is C7H6N4O3. The second-order valence-corrected chi connectivity index (χ2v) is 2.39. The summed E-state index contributed by atoms with van der Waals surface area (Å²) >= 11 is 0. The Balaban J connectivity index is 2.38. The molecule has 1 N–H and O–H groups in total.